The second kappa shape index (κ2) is 4.50. The Bertz CT molecular complexity index is 578. The molecule has 17 heavy (non-hydrogen) atoms. The highest BCUT2D eigenvalue weighted by Crippen LogP contribution is 2.32. The molecule has 0 atom stereocenters. The Hall–Kier alpha value is -1.95. The Labute approximate surface area is 103 Å². The number of nitrogens with one attached hydrogen (secondary N) is 1. The average molecular weight is 256 g/mol. The maximum atomic E-state index is 7.21. The van der Waals surface area contributed by atoms with Gasteiger partial charge in [-0.3, -0.25) is 10.7 Å². The van der Waals surface area contributed by atoms with Gasteiger partial charge < -0.3 is 14.0 Å². The molecule has 0 fully saturated rings. The summed E-state index contributed by atoms with van der Waals surface area (Å²) in [4.78, 5) is 0. The molecule has 1 N–H and O–H groups in total. The van der Waals surface area contributed by atoms with Crippen LogP contribution in [0.15, 0.2) is 28.9 Å². The summed E-state index contributed by atoms with van der Waals surface area (Å²) in [7, 11) is 0. The second-order valence-electron chi connectivity index (χ2n) is 3.45. The van der Waals surface area contributed by atoms with E-state index in [1.807, 2.05) is 18.2 Å². The molecule has 0 spiro atoms. The monoisotopic (exact) mass is 255 g/mol. The summed E-state index contributed by atoms with van der Waals surface area (Å²) < 4.78 is 16.7. The van der Waals surface area contributed by atoms with Gasteiger partial charge >= 0.3 is 0 Å². The van der Waals surface area contributed by atoms with Gasteiger partial charge in [-0.15, -0.1) is 12.4 Å². The lowest BCUT2D eigenvalue weighted by Crippen LogP contribution is -2.37. The summed E-state index contributed by atoms with van der Waals surface area (Å²) in [5, 5.41) is 10.9. The minimum Gasteiger partial charge on any atom is -0.487 e. The zero-order valence-electron chi connectivity index (χ0n) is 8.75. The molecular formula is C10H10ClN3O3. The number of ether oxygens (including phenoxy) is 2. The smallest absolute Gasteiger partial charge is 0.264 e. The van der Waals surface area contributed by atoms with E-state index in [-0.39, 0.29) is 24.8 Å². The fraction of sp³-hybridized carbons (Fsp3) is 0.200. The van der Waals surface area contributed by atoms with Gasteiger partial charge in [0.1, 0.15) is 0 Å². The van der Waals surface area contributed by atoms with E-state index in [9.17, 15) is 0 Å². The third-order valence-corrected chi connectivity index (χ3v) is 2.29. The number of hydrogen-bond donors (Lipinski definition) is 1. The van der Waals surface area contributed by atoms with Crippen molar-refractivity contribution in [2.24, 2.45) is 0 Å². The third-order valence-electron chi connectivity index (χ3n) is 2.29. The minimum atomic E-state index is 0. The summed E-state index contributed by atoms with van der Waals surface area (Å²) in [6.45, 7) is 0.811. The number of halogens is 1. The van der Waals surface area contributed by atoms with Crippen LogP contribution in [-0.4, -0.2) is 6.79 Å². The van der Waals surface area contributed by atoms with Crippen molar-refractivity contribution in [3.05, 3.63) is 35.5 Å². The lowest BCUT2D eigenvalue weighted by molar-refractivity contribution is -0.760. The number of fused-ring (bicyclic) bond motifs is 1. The van der Waals surface area contributed by atoms with E-state index in [1.165, 1.54) is 6.20 Å². The molecule has 2 aromatic rings. The standard InChI is InChI=1S/C10H9N3O3.ClH/c11-10-5-13(12-16-10)4-7-1-2-8-9(3-7)15-6-14-8;/h1-3,5,11H,4,6H2;1H. The number of aromatic nitrogens is 2. The van der Waals surface area contributed by atoms with E-state index in [0.717, 1.165) is 17.1 Å². The van der Waals surface area contributed by atoms with Crippen LogP contribution in [0.5, 0.6) is 11.5 Å². The molecule has 90 valence electrons. The fourth-order valence-corrected chi connectivity index (χ4v) is 1.58. The van der Waals surface area contributed by atoms with Crippen LogP contribution in [0.4, 0.5) is 0 Å². The molecule has 1 aliphatic rings. The predicted octanol–water partition coefficient (Wildman–Crippen LogP) is 0.203. The molecule has 0 saturated carbocycles. The first-order valence-electron chi connectivity index (χ1n) is 4.78. The lowest BCUT2D eigenvalue weighted by atomic mass is 10.2. The predicted molar refractivity (Wildman–Crippen MR) is 57.0 cm³/mol. The first-order chi connectivity index (χ1) is 7.81. The minimum absolute atomic E-state index is 0. The highest BCUT2D eigenvalue weighted by molar-refractivity contribution is 5.85. The van der Waals surface area contributed by atoms with E-state index < -0.39 is 0 Å². The lowest BCUT2D eigenvalue weighted by Gasteiger charge is -2.00. The normalized spacial score (nSPS) is 12.2. The Kier molecular flexibility index (Phi) is 3.06. The van der Waals surface area contributed by atoms with E-state index in [2.05, 4.69) is 9.79 Å². The topological polar surface area (TPSA) is 73.4 Å². The van der Waals surface area contributed by atoms with Gasteiger partial charge in [0.25, 0.3) is 5.55 Å². The first-order valence-corrected chi connectivity index (χ1v) is 4.78. The van der Waals surface area contributed by atoms with Crippen molar-refractivity contribution in [3.8, 4) is 11.5 Å². The fourth-order valence-electron chi connectivity index (χ4n) is 1.58. The number of benzene rings is 1. The zero-order valence-corrected chi connectivity index (χ0v) is 9.57. The maximum Gasteiger partial charge on any atom is 0.264 e. The number of hydrogen-bond acceptors (Lipinski definition) is 4. The molecule has 1 aromatic carbocycles. The number of nitrogens with zero attached hydrogens (tertiary/aromatic N) is 2. The van der Waals surface area contributed by atoms with Crippen LogP contribution in [0, 0.1) is 5.41 Å². The zero-order chi connectivity index (χ0) is 11.0. The molecular weight excluding hydrogens is 246 g/mol. The van der Waals surface area contributed by atoms with Crippen molar-refractivity contribution >= 4 is 12.4 Å². The molecule has 2 heterocycles. The molecule has 0 amide bonds. The Balaban J connectivity index is 0.00000108. The van der Waals surface area contributed by atoms with Crippen LogP contribution in [-0.2, 0) is 6.54 Å². The average Bonchev–Trinajstić information content (AvgIpc) is 2.87. The molecule has 0 bridgehead atoms. The van der Waals surface area contributed by atoms with Crippen molar-refractivity contribution in [2.45, 2.75) is 6.54 Å². The first kappa shape index (κ1) is 11.5. The van der Waals surface area contributed by atoms with Gasteiger partial charge in [0.2, 0.25) is 13.0 Å². The van der Waals surface area contributed by atoms with Crippen LogP contribution in [0.3, 0.4) is 0 Å². The highest BCUT2D eigenvalue weighted by atomic mass is 35.5. The van der Waals surface area contributed by atoms with Gasteiger partial charge in [0.15, 0.2) is 18.0 Å². The molecule has 0 radical (unpaired) electrons. The Morgan fingerprint density at radius 1 is 1.29 bits per heavy atom. The van der Waals surface area contributed by atoms with E-state index >= 15 is 0 Å². The van der Waals surface area contributed by atoms with Crippen molar-refractivity contribution < 1.29 is 18.7 Å². The molecule has 6 nitrogen and oxygen atoms in total. The van der Waals surface area contributed by atoms with Crippen LogP contribution >= 0.6 is 12.4 Å². The van der Waals surface area contributed by atoms with Gasteiger partial charge in [0, 0.05) is 5.56 Å². The molecule has 0 aliphatic carbocycles. The van der Waals surface area contributed by atoms with Gasteiger partial charge in [-0.25, -0.2) is 4.68 Å². The maximum absolute atomic E-state index is 7.21. The Morgan fingerprint density at radius 2 is 2.12 bits per heavy atom. The molecule has 1 aliphatic heterocycles. The van der Waals surface area contributed by atoms with Crippen LogP contribution < -0.4 is 25.0 Å². The molecule has 0 saturated heterocycles. The summed E-state index contributed by atoms with van der Waals surface area (Å²) in [6.07, 6.45) is 1.52. The van der Waals surface area contributed by atoms with Gasteiger partial charge in [-0.1, -0.05) is 0 Å². The van der Waals surface area contributed by atoms with E-state index in [0.29, 0.717) is 6.54 Å². The molecule has 1 aromatic heterocycles. The molecule has 7 heteroatoms. The van der Waals surface area contributed by atoms with Gasteiger partial charge in [0.05, 0.1) is 0 Å². The Morgan fingerprint density at radius 3 is 2.88 bits per heavy atom. The van der Waals surface area contributed by atoms with Gasteiger partial charge in [-0.05, 0) is 18.2 Å². The summed E-state index contributed by atoms with van der Waals surface area (Å²) in [5.74, 6) is 1.50. The second-order valence-corrected chi connectivity index (χ2v) is 3.45. The van der Waals surface area contributed by atoms with Crippen molar-refractivity contribution in [1.29, 1.82) is 5.41 Å². The summed E-state index contributed by atoms with van der Waals surface area (Å²) >= 11 is 0. The van der Waals surface area contributed by atoms with Crippen molar-refractivity contribution in [2.75, 3.05) is 6.79 Å². The number of rotatable bonds is 2. The highest BCUT2D eigenvalue weighted by Gasteiger charge is 2.14. The van der Waals surface area contributed by atoms with Crippen LogP contribution in [0.25, 0.3) is 0 Å². The summed E-state index contributed by atoms with van der Waals surface area (Å²) in [5.41, 5.74) is 1.06. The van der Waals surface area contributed by atoms with Crippen molar-refractivity contribution in [3.63, 3.8) is 0 Å². The van der Waals surface area contributed by atoms with Gasteiger partial charge in [-0.2, -0.15) is 0 Å². The van der Waals surface area contributed by atoms with Crippen molar-refractivity contribution in [1.82, 2.24) is 5.27 Å². The molecule has 0 unspecified atom stereocenters. The van der Waals surface area contributed by atoms with Crippen LogP contribution in [0.2, 0.25) is 0 Å². The third kappa shape index (κ3) is 2.26. The largest absolute Gasteiger partial charge is 0.487 e. The van der Waals surface area contributed by atoms with E-state index in [4.69, 9.17) is 14.9 Å². The quantitative estimate of drug-likeness (QED) is 0.778. The SMILES string of the molecule is Cl.N=c1c[n+](Cc2ccc3c(c2)OCO3)[n-]o1. The summed E-state index contributed by atoms with van der Waals surface area (Å²) in [6, 6.07) is 5.69. The van der Waals surface area contributed by atoms with Crippen LogP contribution in [0.1, 0.15) is 5.56 Å². The molecule has 3 rings (SSSR count). The van der Waals surface area contributed by atoms with E-state index in [1.54, 1.807) is 4.68 Å².